The Bertz CT molecular complexity index is 408. The minimum absolute atomic E-state index is 0.179. The molecule has 0 N–H and O–H groups in total. The third-order valence-electron chi connectivity index (χ3n) is 2.94. The summed E-state index contributed by atoms with van der Waals surface area (Å²) >= 11 is 0. The summed E-state index contributed by atoms with van der Waals surface area (Å²) in [5.74, 6) is -0.426. The molecule has 1 aromatic heterocycles. The van der Waals surface area contributed by atoms with Crippen LogP contribution in [0.2, 0.25) is 0 Å². The Morgan fingerprint density at radius 1 is 1.35 bits per heavy atom. The summed E-state index contributed by atoms with van der Waals surface area (Å²) in [7, 11) is 0. The molecule has 1 rings (SSSR count). The lowest BCUT2D eigenvalue weighted by atomic mass is 9.99. The number of aryl methyl sites for hydroxylation is 1. The van der Waals surface area contributed by atoms with Crippen molar-refractivity contribution in [3.05, 3.63) is 17.0 Å². The van der Waals surface area contributed by atoms with Crippen molar-refractivity contribution >= 4 is 5.97 Å². The Morgan fingerprint density at radius 2 is 1.94 bits per heavy atom. The molecular formula is C13H22N2O2. The predicted molar refractivity (Wildman–Crippen MR) is 67.1 cm³/mol. The second-order valence-electron chi connectivity index (χ2n) is 4.60. The van der Waals surface area contributed by atoms with Gasteiger partial charge < -0.3 is 4.74 Å². The fraction of sp³-hybridized carbons (Fsp3) is 0.692. The van der Waals surface area contributed by atoms with Gasteiger partial charge in [-0.05, 0) is 41.5 Å². The van der Waals surface area contributed by atoms with E-state index in [1.807, 2.05) is 32.4 Å². The first-order valence-electron chi connectivity index (χ1n) is 6.12. The summed E-state index contributed by atoms with van der Waals surface area (Å²) in [5.41, 5.74) is 2.96. The number of ether oxygens (including phenoxy) is 1. The van der Waals surface area contributed by atoms with Crippen molar-refractivity contribution < 1.29 is 9.53 Å². The van der Waals surface area contributed by atoms with Gasteiger partial charge in [-0.15, -0.1) is 0 Å². The fourth-order valence-electron chi connectivity index (χ4n) is 2.19. The van der Waals surface area contributed by atoms with Gasteiger partial charge in [-0.3, -0.25) is 9.48 Å². The van der Waals surface area contributed by atoms with Gasteiger partial charge in [0.25, 0.3) is 0 Å². The maximum absolute atomic E-state index is 11.8. The molecule has 0 aliphatic carbocycles. The van der Waals surface area contributed by atoms with Crippen molar-refractivity contribution in [3.63, 3.8) is 0 Å². The van der Waals surface area contributed by atoms with E-state index in [2.05, 4.69) is 18.9 Å². The van der Waals surface area contributed by atoms with E-state index in [9.17, 15) is 4.79 Å². The first-order chi connectivity index (χ1) is 7.90. The number of aromatic nitrogens is 2. The van der Waals surface area contributed by atoms with E-state index >= 15 is 0 Å². The van der Waals surface area contributed by atoms with Crippen LogP contribution in [0, 0.1) is 13.8 Å². The van der Waals surface area contributed by atoms with Gasteiger partial charge in [0, 0.05) is 17.3 Å². The van der Waals surface area contributed by atoms with Crippen LogP contribution in [0.5, 0.6) is 0 Å². The Kier molecular flexibility index (Phi) is 4.32. The first-order valence-corrected chi connectivity index (χ1v) is 6.12. The molecule has 4 nitrogen and oxygen atoms in total. The molecule has 1 unspecified atom stereocenters. The van der Waals surface area contributed by atoms with E-state index in [1.165, 1.54) is 0 Å². The minimum Gasteiger partial charge on any atom is -0.466 e. The lowest BCUT2D eigenvalue weighted by Gasteiger charge is -2.12. The predicted octanol–water partition coefficient (Wildman–Crippen LogP) is 2.75. The van der Waals surface area contributed by atoms with Crippen molar-refractivity contribution in [1.29, 1.82) is 0 Å². The van der Waals surface area contributed by atoms with Crippen LogP contribution in [0.4, 0.5) is 0 Å². The largest absolute Gasteiger partial charge is 0.466 e. The summed E-state index contributed by atoms with van der Waals surface area (Å²) < 4.78 is 7.02. The second-order valence-corrected chi connectivity index (χ2v) is 4.60. The highest BCUT2D eigenvalue weighted by Crippen LogP contribution is 2.26. The van der Waals surface area contributed by atoms with Gasteiger partial charge in [-0.25, -0.2) is 0 Å². The number of rotatable bonds is 4. The summed E-state index contributed by atoms with van der Waals surface area (Å²) in [4.78, 5) is 11.8. The number of hydrogen-bond acceptors (Lipinski definition) is 3. The number of esters is 1. The molecule has 17 heavy (non-hydrogen) atoms. The molecule has 0 bridgehead atoms. The Labute approximate surface area is 103 Å². The molecule has 1 atom stereocenters. The molecule has 96 valence electrons. The zero-order chi connectivity index (χ0) is 13.2. The van der Waals surface area contributed by atoms with Crippen molar-refractivity contribution in [2.45, 2.75) is 53.5 Å². The molecule has 0 fully saturated rings. The van der Waals surface area contributed by atoms with Crippen molar-refractivity contribution in [2.24, 2.45) is 0 Å². The summed E-state index contributed by atoms with van der Waals surface area (Å²) in [6.45, 7) is 12.2. The quantitative estimate of drug-likeness (QED) is 0.758. The number of nitrogens with zero attached hydrogens (tertiary/aromatic N) is 2. The van der Waals surface area contributed by atoms with E-state index < -0.39 is 0 Å². The first kappa shape index (κ1) is 13.7. The van der Waals surface area contributed by atoms with Crippen LogP contribution in [0.25, 0.3) is 0 Å². The molecule has 0 radical (unpaired) electrons. The zero-order valence-electron chi connectivity index (χ0n) is 11.6. The number of hydrogen-bond donors (Lipinski definition) is 0. The van der Waals surface area contributed by atoms with Crippen molar-refractivity contribution in [1.82, 2.24) is 9.78 Å². The van der Waals surface area contributed by atoms with Crippen LogP contribution in [-0.2, 0) is 9.53 Å². The Morgan fingerprint density at radius 3 is 2.35 bits per heavy atom. The van der Waals surface area contributed by atoms with Crippen LogP contribution in [0.1, 0.15) is 56.6 Å². The van der Waals surface area contributed by atoms with Crippen LogP contribution in [0.3, 0.4) is 0 Å². The maximum Gasteiger partial charge on any atom is 0.313 e. The molecule has 0 aliphatic heterocycles. The molecule has 4 heteroatoms. The molecule has 0 spiro atoms. The maximum atomic E-state index is 11.8. The highest BCUT2D eigenvalue weighted by atomic mass is 16.5. The van der Waals surface area contributed by atoms with E-state index in [4.69, 9.17) is 4.74 Å². The van der Waals surface area contributed by atoms with Gasteiger partial charge >= 0.3 is 5.97 Å². The molecule has 1 aromatic rings. The van der Waals surface area contributed by atoms with E-state index in [-0.39, 0.29) is 11.9 Å². The van der Waals surface area contributed by atoms with Gasteiger partial charge in [0.2, 0.25) is 0 Å². The molecule has 0 saturated carbocycles. The van der Waals surface area contributed by atoms with Gasteiger partial charge in [0.05, 0.1) is 18.2 Å². The van der Waals surface area contributed by atoms with Crippen LogP contribution in [0.15, 0.2) is 0 Å². The second kappa shape index (κ2) is 5.34. The average molecular weight is 238 g/mol. The minimum atomic E-state index is -0.248. The van der Waals surface area contributed by atoms with Gasteiger partial charge in [0.1, 0.15) is 0 Å². The number of carbonyl (C=O) groups is 1. The van der Waals surface area contributed by atoms with Crippen LogP contribution < -0.4 is 0 Å². The lowest BCUT2D eigenvalue weighted by molar-refractivity contribution is -0.144. The van der Waals surface area contributed by atoms with Gasteiger partial charge in [-0.2, -0.15) is 5.10 Å². The summed E-state index contributed by atoms with van der Waals surface area (Å²) in [6.07, 6.45) is 0. The summed E-state index contributed by atoms with van der Waals surface area (Å²) in [6, 6.07) is 0.303. The van der Waals surface area contributed by atoms with Crippen LogP contribution in [-0.4, -0.2) is 22.4 Å². The highest BCUT2D eigenvalue weighted by molar-refractivity contribution is 5.78. The van der Waals surface area contributed by atoms with Crippen molar-refractivity contribution in [3.8, 4) is 0 Å². The lowest BCUT2D eigenvalue weighted by Crippen LogP contribution is -2.14. The smallest absolute Gasteiger partial charge is 0.313 e. The van der Waals surface area contributed by atoms with Crippen LogP contribution >= 0.6 is 0 Å². The molecule has 1 heterocycles. The fourth-order valence-corrected chi connectivity index (χ4v) is 2.19. The normalized spacial score (nSPS) is 12.9. The third kappa shape index (κ3) is 2.68. The van der Waals surface area contributed by atoms with Crippen molar-refractivity contribution in [2.75, 3.05) is 6.61 Å². The molecular weight excluding hydrogens is 216 g/mol. The Balaban J connectivity index is 3.09. The molecule has 0 amide bonds. The highest BCUT2D eigenvalue weighted by Gasteiger charge is 2.24. The number of carbonyl (C=O) groups excluding carboxylic acids is 1. The summed E-state index contributed by atoms with van der Waals surface area (Å²) in [5, 5.41) is 4.48. The monoisotopic (exact) mass is 238 g/mol. The Hall–Kier alpha value is -1.32. The zero-order valence-corrected chi connectivity index (χ0v) is 11.6. The third-order valence-corrected chi connectivity index (χ3v) is 2.94. The van der Waals surface area contributed by atoms with E-state index in [0.29, 0.717) is 12.6 Å². The van der Waals surface area contributed by atoms with Gasteiger partial charge in [-0.1, -0.05) is 0 Å². The topological polar surface area (TPSA) is 44.1 Å². The average Bonchev–Trinajstić information content (AvgIpc) is 2.54. The standard InChI is InChI=1S/C13H22N2O2/c1-7-17-13(16)9(4)12-10(5)14-15(8(2)3)11(12)6/h8-9H,7H2,1-6H3. The van der Waals surface area contributed by atoms with E-state index in [1.54, 1.807) is 0 Å². The molecule has 0 aliphatic rings. The van der Waals surface area contributed by atoms with E-state index in [0.717, 1.165) is 17.0 Å². The van der Waals surface area contributed by atoms with Gasteiger partial charge in [0.15, 0.2) is 0 Å². The molecule has 0 saturated heterocycles. The molecule has 0 aromatic carbocycles. The SMILES string of the molecule is CCOC(=O)C(C)c1c(C)nn(C(C)C)c1C.